The average Bonchev–Trinajstić information content (AvgIpc) is 3.19. The number of rotatable bonds is 6. The highest BCUT2D eigenvalue weighted by molar-refractivity contribution is 8.18. The molecule has 0 unspecified atom stereocenters. The molecule has 27 heavy (non-hydrogen) atoms. The number of hydrogen-bond donors (Lipinski definition) is 0. The molecule has 2 heterocycles. The Morgan fingerprint density at radius 2 is 2.11 bits per heavy atom. The van der Waals surface area contributed by atoms with Crippen molar-refractivity contribution in [2.45, 2.75) is 0 Å². The molecule has 8 nitrogen and oxygen atoms in total. The predicted octanol–water partition coefficient (Wildman–Crippen LogP) is 4.19. The van der Waals surface area contributed by atoms with Gasteiger partial charge in [-0.2, -0.15) is 0 Å². The standard InChI is InChI=1S/C17H13ClN2O6S/c1-25-7-6-19-16(21)15(27-17(19)22)9-11-3-5-14(26-11)12-4-2-10(18)8-13(12)20(23)24/h2-5,8-9H,6-7H2,1H3/b15-9+. The normalized spacial score (nSPS) is 15.8. The minimum atomic E-state index is -0.551. The number of carbonyl (C=O) groups is 2. The Hall–Kier alpha value is -2.62. The quantitative estimate of drug-likeness (QED) is 0.401. The van der Waals surface area contributed by atoms with Crippen molar-refractivity contribution >= 4 is 46.3 Å². The molecule has 1 aliphatic rings. The lowest BCUT2D eigenvalue weighted by molar-refractivity contribution is -0.384. The number of imide groups is 1. The van der Waals surface area contributed by atoms with Crippen molar-refractivity contribution < 1.29 is 23.7 Å². The molecule has 2 amide bonds. The molecule has 0 radical (unpaired) electrons. The predicted molar refractivity (Wildman–Crippen MR) is 100 cm³/mol. The van der Waals surface area contributed by atoms with Gasteiger partial charge in [-0.15, -0.1) is 0 Å². The summed E-state index contributed by atoms with van der Waals surface area (Å²) in [5.74, 6) is 0.118. The van der Waals surface area contributed by atoms with Gasteiger partial charge in [0.1, 0.15) is 11.5 Å². The lowest BCUT2D eigenvalue weighted by Crippen LogP contribution is -2.31. The summed E-state index contributed by atoms with van der Waals surface area (Å²) >= 11 is 6.62. The van der Waals surface area contributed by atoms with E-state index in [1.807, 2.05) is 0 Å². The molecule has 0 bridgehead atoms. The second kappa shape index (κ2) is 7.95. The maximum atomic E-state index is 12.3. The zero-order valence-electron chi connectivity index (χ0n) is 14.0. The minimum Gasteiger partial charge on any atom is -0.456 e. The topological polar surface area (TPSA) is 103 Å². The molecule has 2 aromatic rings. The van der Waals surface area contributed by atoms with E-state index in [9.17, 15) is 19.7 Å². The molecule has 1 fully saturated rings. The average molecular weight is 409 g/mol. The number of nitrogens with zero attached hydrogens (tertiary/aromatic N) is 2. The second-order valence-corrected chi connectivity index (χ2v) is 6.88. The number of amides is 2. The first-order valence-electron chi connectivity index (χ1n) is 7.69. The molecule has 0 aliphatic carbocycles. The molecule has 1 aliphatic heterocycles. The summed E-state index contributed by atoms with van der Waals surface area (Å²) in [7, 11) is 1.48. The van der Waals surface area contributed by atoms with E-state index in [2.05, 4.69) is 0 Å². The summed E-state index contributed by atoms with van der Waals surface area (Å²) in [6.45, 7) is 0.412. The number of benzene rings is 1. The van der Waals surface area contributed by atoms with Crippen molar-refractivity contribution in [3.05, 3.63) is 56.1 Å². The first-order chi connectivity index (χ1) is 12.9. The van der Waals surface area contributed by atoms with E-state index in [0.29, 0.717) is 5.76 Å². The van der Waals surface area contributed by atoms with E-state index in [-0.39, 0.29) is 45.3 Å². The van der Waals surface area contributed by atoms with E-state index in [1.165, 1.54) is 31.4 Å². The molecule has 3 rings (SSSR count). The molecule has 0 N–H and O–H groups in total. The third-order valence-corrected chi connectivity index (χ3v) is 4.86. The highest BCUT2D eigenvalue weighted by atomic mass is 35.5. The third kappa shape index (κ3) is 4.05. The number of carbonyl (C=O) groups excluding carboxylic acids is 2. The Kier molecular flexibility index (Phi) is 5.64. The summed E-state index contributed by atoms with van der Waals surface area (Å²) in [6, 6.07) is 7.36. The smallest absolute Gasteiger partial charge is 0.293 e. The van der Waals surface area contributed by atoms with Crippen LogP contribution in [0.15, 0.2) is 39.7 Å². The molecule has 140 valence electrons. The third-order valence-electron chi connectivity index (χ3n) is 3.71. The van der Waals surface area contributed by atoms with Crippen LogP contribution in [0, 0.1) is 10.1 Å². The Morgan fingerprint density at radius 3 is 2.81 bits per heavy atom. The van der Waals surface area contributed by atoms with Crippen LogP contribution in [0.1, 0.15) is 5.76 Å². The van der Waals surface area contributed by atoms with Crippen LogP contribution >= 0.6 is 23.4 Å². The Bertz CT molecular complexity index is 955. The van der Waals surface area contributed by atoms with Crippen molar-refractivity contribution in [2.24, 2.45) is 0 Å². The summed E-state index contributed by atoms with van der Waals surface area (Å²) < 4.78 is 10.5. The van der Waals surface area contributed by atoms with Crippen LogP contribution in [0.2, 0.25) is 5.02 Å². The van der Waals surface area contributed by atoms with Gasteiger partial charge < -0.3 is 9.15 Å². The van der Waals surface area contributed by atoms with Gasteiger partial charge in [-0.25, -0.2) is 0 Å². The Balaban J connectivity index is 1.87. The molecule has 0 spiro atoms. The van der Waals surface area contributed by atoms with E-state index in [1.54, 1.807) is 12.1 Å². The van der Waals surface area contributed by atoms with Gasteiger partial charge in [0.15, 0.2) is 0 Å². The summed E-state index contributed by atoms with van der Waals surface area (Å²) in [6.07, 6.45) is 1.43. The Morgan fingerprint density at radius 1 is 1.33 bits per heavy atom. The van der Waals surface area contributed by atoms with Crippen LogP contribution in [-0.2, 0) is 9.53 Å². The largest absolute Gasteiger partial charge is 0.456 e. The fourth-order valence-electron chi connectivity index (χ4n) is 2.44. The molecule has 10 heteroatoms. The number of halogens is 1. The number of methoxy groups -OCH3 is 1. The van der Waals surface area contributed by atoms with E-state index < -0.39 is 10.8 Å². The molecular formula is C17H13ClN2O6S. The van der Waals surface area contributed by atoms with Crippen LogP contribution in [0.25, 0.3) is 17.4 Å². The number of thioether (sulfide) groups is 1. The fraction of sp³-hybridized carbons (Fsp3) is 0.176. The lowest BCUT2D eigenvalue weighted by Gasteiger charge is -2.10. The summed E-state index contributed by atoms with van der Waals surface area (Å²) in [5, 5.41) is 11.1. The number of furan rings is 1. The van der Waals surface area contributed by atoms with Gasteiger partial charge in [-0.05, 0) is 36.0 Å². The van der Waals surface area contributed by atoms with Crippen LogP contribution in [-0.4, -0.2) is 41.2 Å². The second-order valence-electron chi connectivity index (χ2n) is 5.45. The van der Waals surface area contributed by atoms with Gasteiger partial charge in [0.2, 0.25) is 0 Å². The fourth-order valence-corrected chi connectivity index (χ4v) is 3.46. The lowest BCUT2D eigenvalue weighted by atomic mass is 10.1. The van der Waals surface area contributed by atoms with Crippen molar-refractivity contribution in [1.82, 2.24) is 4.90 Å². The number of hydrogen-bond acceptors (Lipinski definition) is 7. The first-order valence-corrected chi connectivity index (χ1v) is 8.88. The molecule has 1 aromatic heterocycles. The molecular weight excluding hydrogens is 396 g/mol. The van der Waals surface area contributed by atoms with Crippen molar-refractivity contribution in [3.63, 3.8) is 0 Å². The van der Waals surface area contributed by atoms with Gasteiger partial charge in [0, 0.05) is 24.3 Å². The van der Waals surface area contributed by atoms with Gasteiger partial charge in [-0.3, -0.25) is 24.6 Å². The highest BCUT2D eigenvalue weighted by Gasteiger charge is 2.34. The number of nitro benzene ring substituents is 1. The van der Waals surface area contributed by atoms with Crippen LogP contribution in [0.5, 0.6) is 0 Å². The van der Waals surface area contributed by atoms with Crippen LogP contribution < -0.4 is 0 Å². The van der Waals surface area contributed by atoms with Crippen molar-refractivity contribution in [2.75, 3.05) is 20.3 Å². The van der Waals surface area contributed by atoms with Gasteiger partial charge in [0.25, 0.3) is 16.8 Å². The maximum absolute atomic E-state index is 12.3. The van der Waals surface area contributed by atoms with Crippen molar-refractivity contribution in [3.8, 4) is 11.3 Å². The molecule has 0 atom stereocenters. The van der Waals surface area contributed by atoms with Gasteiger partial charge in [-0.1, -0.05) is 11.6 Å². The van der Waals surface area contributed by atoms with E-state index in [4.69, 9.17) is 20.8 Å². The minimum absolute atomic E-state index is 0.166. The molecule has 0 saturated carbocycles. The molecule has 1 saturated heterocycles. The van der Waals surface area contributed by atoms with E-state index >= 15 is 0 Å². The molecule has 1 aromatic carbocycles. The van der Waals surface area contributed by atoms with Crippen LogP contribution in [0.4, 0.5) is 10.5 Å². The van der Waals surface area contributed by atoms with Crippen molar-refractivity contribution in [1.29, 1.82) is 0 Å². The number of ether oxygens (including phenoxy) is 1. The zero-order chi connectivity index (χ0) is 19.6. The van der Waals surface area contributed by atoms with Gasteiger partial charge >= 0.3 is 0 Å². The summed E-state index contributed by atoms with van der Waals surface area (Å²) in [5.41, 5.74) is 0.0699. The highest BCUT2D eigenvalue weighted by Crippen LogP contribution is 2.36. The zero-order valence-corrected chi connectivity index (χ0v) is 15.6. The van der Waals surface area contributed by atoms with Crippen LogP contribution in [0.3, 0.4) is 0 Å². The van der Waals surface area contributed by atoms with Gasteiger partial charge in [0.05, 0.1) is 28.5 Å². The Labute approximate surface area is 162 Å². The van der Waals surface area contributed by atoms with E-state index in [0.717, 1.165) is 16.7 Å². The summed E-state index contributed by atoms with van der Waals surface area (Å²) in [4.78, 5) is 36.2. The monoisotopic (exact) mass is 408 g/mol. The SMILES string of the molecule is COCCN1C(=O)S/C(=C/c2ccc(-c3ccc(Cl)cc3[N+](=O)[O-])o2)C1=O. The maximum Gasteiger partial charge on any atom is 0.293 e. The first kappa shape index (κ1) is 19.2. The number of nitro groups is 1.